The number of hydrogen-bond acceptors (Lipinski definition) is 4. The van der Waals surface area contributed by atoms with E-state index in [0.29, 0.717) is 12.0 Å². The number of nitrogens with one attached hydrogen (secondary N) is 3. The standard InChI is InChI=1S/C18H32N4O/c1-14(20-11-10-19-2)16-13-21-22-17(16)15-5-8-18(9-6-15)7-3-4-12-23-18/h13-15,19-20H,3-12H2,1-2H3,(H,21,22). The molecule has 5 heteroatoms. The van der Waals surface area contributed by atoms with Crippen molar-refractivity contribution in [1.82, 2.24) is 20.8 Å². The van der Waals surface area contributed by atoms with E-state index < -0.39 is 0 Å². The highest BCUT2D eigenvalue weighted by Gasteiger charge is 2.38. The number of ether oxygens (including phenoxy) is 1. The van der Waals surface area contributed by atoms with Gasteiger partial charge in [-0.15, -0.1) is 0 Å². The van der Waals surface area contributed by atoms with Crippen LogP contribution in [0.15, 0.2) is 6.20 Å². The van der Waals surface area contributed by atoms with E-state index in [-0.39, 0.29) is 5.60 Å². The van der Waals surface area contributed by atoms with E-state index >= 15 is 0 Å². The molecule has 2 heterocycles. The van der Waals surface area contributed by atoms with Gasteiger partial charge >= 0.3 is 0 Å². The molecule has 1 aromatic rings. The van der Waals surface area contributed by atoms with Crippen molar-refractivity contribution in [3.8, 4) is 0 Å². The van der Waals surface area contributed by atoms with Crippen LogP contribution in [0.1, 0.15) is 75.1 Å². The third-order valence-corrected chi connectivity index (χ3v) is 5.73. The Balaban J connectivity index is 1.59. The monoisotopic (exact) mass is 320 g/mol. The zero-order valence-electron chi connectivity index (χ0n) is 14.7. The van der Waals surface area contributed by atoms with Gasteiger partial charge in [0.15, 0.2) is 0 Å². The molecule has 0 aromatic carbocycles. The second-order valence-corrected chi connectivity index (χ2v) is 7.28. The Hall–Kier alpha value is -0.910. The molecule has 1 atom stereocenters. The summed E-state index contributed by atoms with van der Waals surface area (Å²) in [6.45, 7) is 5.16. The maximum absolute atomic E-state index is 6.17. The van der Waals surface area contributed by atoms with E-state index in [4.69, 9.17) is 4.74 Å². The zero-order chi connectivity index (χ0) is 16.1. The van der Waals surface area contributed by atoms with Crippen LogP contribution in [0.3, 0.4) is 0 Å². The Kier molecular flexibility index (Phi) is 5.72. The highest BCUT2D eigenvalue weighted by atomic mass is 16.5. The number of H-pyrrole nitrogens is 1. The van der Waals surface area contributed by atoms with Crippen LogP contribution in [-0.4, -0.2) is 42.5 Å². The first-order valence-electron chi connectivity index (χ1n) is 9.29. The Bertz CT molecular complexity index is 471. The average Bonchev–Trinajstić information content (AvgIpc) is 3.06. The van der Waals surface area contributed by atoms with Gasteiger partial charge in [-0.05, 0) is 58.9 Å². The first kappa shape index (κ1) is 16.9. The van der Waals surface area contributed by atoms with Crippen LogP contribution in [0.25, 0.3) is 0 Å². The van der Waals surface area contributed by atoms with Crippen LogP contribution in [0, 0.1) is 0 Å². The lowest BCUT2D eigenvalue weighted by atomic mass is 9.73. The van der Waals surface area contributed by atoms with Crippen LogP contribution >= 0.6 is 0 Å². The SMILES string of the molecule is CNCCNC(C)c1cn[nH]c1C1CCC2(CCCCO2)CC1. The molecule has 0 amide bonds. The average molecular weight is 320 g/mol. The lowest BCUT2D eigenvalue weighted by Crippen LogP contribution is -2.39. The molecule has 130 valence electrons. The minimum absolute atomic E-state index is 0.200. The molecule has 1 spiro atoms. The molecule has 5 nitrogen and oxygen atoms in total. The Morgan fingerprint density at radius 3 is 2.83 bits per heavy atom. The number of rotatable bonds is 6. The minimum Gasteiger partial charge on any atom is -0.375 e. The highest BCUT2D eigenvalue weighted by molar-refractivity contribution is 5.24. The fourth-order valence-corrected chi connectivity index (χ4v) is 4.24. The van der Waals surface area contributed by atoms with Crippen LogP contribution in [-0.2, 0) is 4.74 Å². The summed E-state index contributed by atoms with van der Waals surface area (Å²) in [7, 11) is 1.99. The van der Waals surface area contributed by atoms with Gasteiger partial charge in [0.05, 0.1) is 11.8 Å². The predicted octanol–water partition coefficient (Wildman–Crippen LogP) is 2.88. The maximum Gasteiger partial charge on any atom is 0.0683 e. The summed E-state index contributed by atoms with van der Waals surface area (Å²) in [6, 6.07) is 0.346. The molecule has 0 bridgehead atoms. The van der Waals surface area contributed by atoms with E-state index in [1.807, 2.05) is 13.2 Å². The van der Waals surface area contributed by atoms with Gasteiger partial charge in [-0.25, -0.2) is 0 Å². The summed E-state index contributed by atoms with van der Waals surface area (Å²) in [5.41, 5.74) is 2.89. The Morgan fingerprint density at radius 1 is 1.30 bits per heavy atom. The van der Waals surface area contributed by atoms with Gasteiger partial charge in [-0.2, -0.15) is 5.10 Å². The summed E-state index contributed by atoms with van der Waals surface area (Å²) in [5.74, 6) is 0.609. The predicted molar refractivity (Wildman–Crippen MR) is 92.7 cm³/mol. The Labute approximate surface area is 140 Å². The van der Waals surface area contributed by atoms with E-state index in [1.165, 1.54) is 56.2 Å². The molecular weight excluding hydrogens is 288 g/mol. The zero-order valence-corrected chi connectivity index (χ0v) is 14.7. The van der Waals surface area contributed by atoms with Crippen molar-refractivity contribution in [3.05, 3.63) is 17.5 Å². The second-order valence-electron chi connectivity index (χ2n) is 7.28. The van der Waals surface area contributed by atoms with E-state index in [2.05, 4.69) is 27.8 Å². The molecule has 2 fully saturated rings. The van der Waals surface area contributed by atoms with Gasteiger partial charge in [0.1, 0.15) is 0 Å². The fourth-order valence-electron chi connectivity index (χ4n) is 4.24. The van der Waals surface area contributed by atoms with Gasteiger partial charge in [0, 0.05) is 42.9 Å². The quantitative estimate of drug-likeness (QED) is 0.705. The minimum atomic E-state index is 0.200. The molecule has 1 saturated carbocycles. The molecule has 0 radical (unpaired) electrons. The number of hydrogen-bond donors (Lipinski definition) is 3. The first-order chi connectivity index (χ1) is 11.2. The third kappa shape index (κ3) is 3.95. The molecule has 1 saturated heterocycles. The topological polar surface area (TPSA) is 62.0 Å². The third-order valence-electron chi connectivity index (χ3n) is 5.73. The van der Waals surface area contributed by atoms with E-state index in [1.54, 1.807) is 0 Å². The van der Waals surface area contributed by atoms with Crippen molar-refractivity contribution in [2.24, 2.45) is 0 Å². The van der Waals surface area contributed by atoms with Crippen LogP contribution in [0.2, 0.25) is 0 Å². The lowest BCUT2D eigenvalue weighted by Gasteiger charge is -2.42. The summed E-state index contributed by atoms with van der Waals surface area (Å²) >= 11 is 0. The van der Waals surface area contributed by atoms with Crippen molar-refractivity contribution in [1.29, 1.82) is 0 Å². The number of nitrogens with zero attached hydrogens (tertiary/aromatic N) is 1. The van der Waals surface area contributed by atoms with Crippen LogP contribution in [0.4, 0.5) is 0 Å². The molecule has 1 unspecified atom stereocenters. The summed E-state index contributed by atoms with van der Waals surface area (Å²) in [4.78, 5) is 0. The van der Waals surface area contributed by atoms with Gasteiger partial charge in [0.2, 0.25) is 0 Å². The van der Waals surface area contributed by atoms with E-state index in [0.717, 1.165) is 19.7 Å². The van der Waals surface area contributed by atoms with Crippen molar-refractivity contribution >= 4 is 0 Å². The summed E-state index contributed by atoms with van der Waals surface area (Å²) in [6.07, 6.45) is 10.7. The molecule has 3 rings (SSSR count). The Morgan fingerprint density at radius 2 is 2.13 bits per heavy atom. The summed E-state index contributed by atoms with van der Waals surface area (Å²) in [5, 5.41) is 14.4. The largest absolute Gasteiger partial charge is 0.375 e. The van der Waals surface area contributed by atoms with Crippen molar-refractivity contribution in [2.45, 2.75) is 69.4 Å². The van der Waals surface area contributed by atoms with Crippen molar-refractivity contribution < 1.29 is 4.74 Å². The molecule has 1 aromatic heterocycles. The fraction of sp³-hybridized carbons (Fsp3) is 0.833. The number of likely N-dealkylation sites (N-methyl/N-ethyl adjacent to an activating group) is 1. The summed E-state index contributed by atoms with van der Waals surface area (Å²) < 4.78 is 6.17. The molecule has 1 aliphatic carbocycles. The smallest absolute Gasteiger partial charge is 0.0683 e. The number of aromatic amines is 1. The van der Waals surface area contributed by atoms with Gasteiger partial charge in [0.25, 0.3) is 0 Å². The first-order valence-corrected chi connectivity index (χ1v) is 9.29. The second kappa shape index (κ2) is 7.77. The normalized spacial score (nSPS) is 29.7. The van der Waals surface area contributed by atoms with Crippen LogP contribution in [0.5, 0.6) is 0 Å². The molecule has 2 aliphatic rings. The van der Waals surface area contributed by atoms with Gasteiger partial charge < -0.3 is 15.4 Å². The molecule has 3 N–H and O–H groups in total. The van der Waals surface area contributed by atoms with Crippen molar-refractivity contribution in [3.63, 3.8) is 0 Å². The number of aromatic nitrogens is 2. The molecule has 1 aliphatic heterocycles. The van der Waals surface area contributed by atoms with Gasteiger partial charge in [-0.1, -0.05) is 0 Å². The molecule has 23 heavy (non-hydrogen) atoms. The molecular formula is C18H32N4O. The highest BCUT2D eigenvalue weighted by Crippen LogP contribution is 2.44. The van der Waals surface area contributed by atoms with Crippen LogP contribution < -0.4 is 10.6 Å². The lowest BCUT2D eigenvalue weighted by molar-refractivity contribution is -0.102. The van der Waals surface area contributed by atoms with Gasteiger partial charge in [-0.3, -0.25) is 5.10 Å². The van der Waals surface area contributed by atoms with E-state index in [9.17, 15) is 0 Å². The van der Waals surface area contributed by atoms with Crippen molar-refractivity contribution in [2.75, 3.05) is 26.7 Å². The maximum atomic E-state index is 6.17.